The minimum absolute atomic E-state index is 0.0451. The molecule has 1 fully saturated rings. The average Bonchev–Trinajstić information content (AvgIpc) is 3.18. The molecule has 0 aliphatic carbocycles. The average molecular weight is 482 g/mol. The van der Waals surface area contributed by atoms with Crippen LogP contribution < -0.4 is 26.2 Å². The molecule has 9 nitrogen and oxygen atoms in total. The third-order valence-electron chi connectivity index (χ3n) is 5.10. The number of hydrogen-bond acceptors (Lipinski definition) is 8. The molecule has 32 heavy (non-hydrogen) atoms. The number of hydrogen-bond donors (Lipinski definition) is 2. The monoisotopic (exact) mass is 481 g/mol. The zero-order valence-corrected chi connectivity index (χ0v) is 19.7. The molecule has 11 heteroatoms. The standard InChI is InChI=1S/C21H28ClN5O4S/c1-14-11-24-17(32-14)12-26(13-31-16-7-4-6-15(22)10-16)18-19(23-2)25(3)21(30)27(20(18)29)8-5-9-28/h4,6-7,10,14,17,24,28H,2,5,8-9,11-13H2,1,3H3. The summed E-state index contributed by atoms with van der Waals surface area (Å²) >= 11 is 7.84. The van der Waals surface area contributed by atoms with Crippen LogP contribution in [-0.2, 0) is 13.6 Å². The van der Waals surface area contributed by atoms with Gasteiger partial charge in [0.15, 0.2) is 12.5 Å². The fourth-order valence-electron chi connectivity index (χ4n) is 3.52. The molecule has 2 aromatic rings. The lowest BCUT2D eigenvalue weighted by Crippen LogP contribution is -2.46. The van der Waals surface area contributed by atoms with Crippen molar-refractivity contribution >= 4 is 41.6 Å². The van der Waals surface area contributed by atoms with Gasteiger partial charge in [0.05, 0.1) is 5.37 Å². The number of aliphatic hydroxyl groups is 1. The largest absolute Gasteiger partial charge is 0.473 e. The van der Waals surface area contributed by atoms with Crippen LogP contribution in [0.5, 0.6) is 5.75 Å². The van der Waals surface area contributed by atoms with E-state index in [2.05, 4.69) is 24.0 Å². The van der Waals surface area contributed by atoms with Crippen molar-refractivity contribution in [3.05, 3.63) is 50.1 Å². The summed E-state index contributed by atoms with van der Waals surface area (Å²) < 4.78 is 8.37. The summed E-state index contributed by atoms with van der Waals surface area (Å²) in [5.74, 6) is 0.729. The molecular formula is C21H28ClN5O4S. The summed E-state index contributed by atoms with van der Waals surface area (Å²) in [6.45, 7) is 7.04. The molecular weight excluding hydrogens is 454 g/mol. The number of aromatic nitrogens is 2. The van der Waals surface area contributed by atoms with Crippen molar-refractivity contribution in [3.63, 3.8) is 0 Å². The molecule has 2 heterocycles. The zero-order chi connectivity index (χ0) is 23.3. The van der Waals surface area contributed by atoms with Crippen molar-refractivity contribution in [2.75, 3.05) is 31.3 Å². The number of aliphatic hydroxyl groups excluding tert-OH is 1. The maximum absolute atomic E-state index is 13.4. The van der Waals surface area contributed by atoms with Gasteiger partial charge in [-0.3, -0.25) is 13.9 Å². The molecule has 2 atom stereocenters. The van der Waals surface area contributed by atoms with Crippen LogP contribution in [0.3, 0.4) is 0 Å². The van der Waals surface area contributed by atoms with Crippen LogP contribution in [0.15, 0.2) is 38.8 Å². The molecule has 1 aliphatic rings. The van der Waals surface area contributed by atoms with Gasteiger partial charge in [-0.05, 0) is 31.3 Å². The predicted molar refractivity (Wildman–Crippen MR) is 130 cm³/mol. The van der Waals surface area contributed by atoms with Gasteiger partial charge < -0.3 is 20.1 Å². The predicted octanol–water partition coefficient (Wildman–Crippen LogP) is 1.81. The number of nitrogens with zero attached hydrogens (tertiary/aromatic N) is 4. The van der Waals surface area contributed by atoms with Crippen molar-refractivity contribution in [3.8, 4) is 5.75 Å². The van der Waals surface area contributed by atoms with Crippen LogP contribution in [0.25, 0.3) is 0 Å². The highest BCUT2D eigenvalue weighted by Crippen LogP contribution is 2.28. The third kappa shape index (κ3) is 5.55. The van der Waals surface area contributed by atoms with Crippen LogP contribution in [0.1, 0.15) is 13.3 Å². The molecule has 1 aromatic heterocycles. The van der Waals surface area contributed by atoms with Gasteiger partial charge in [0, 0.05) is 43.6 Å². The van der Waals surface area contributed by atoms with Gasteiger partial charge in [0.2, 0.25) is 0 Å². The van der Waals surface area contributed by atoms with Crippen molar-refractivity contribution in [1.29, 1.82) is 0 Å². The van der Waals surface area contributed by atoms with Gasteiger partial charge >= 0.3 is 5.69 Å². The first-order valence-corrected chi connectivity index (χ1v) is 11.6. The van der Waals surface area contributed by atoms with E-state index in [1.807, 2.05) is 0 Å². The summed E-state index contributed by atoms with van der Waals surface area (Å²) in [4.78, 5) is 31.9. The van der Waals surface area contributed by atoms with Crippen molar-refractivity contribution in [2.45, 2.75) is 30.5 Å². The quantitative estimate of drug-likeness (QED) is 0.394. The van der Waals surface area contributed by atoms with Gasteiger partial charge in [0.25, 0.3) is 5.56 Å². The maximum Gasteiger partial charge on any atom is 0.332 e. The van der Waals surface area contributed by atoms with Gasteiger partial charge in [-0.2, -0.15) is 0 Å². The number of benzene rings is 1. The zero-order valence-electron chi connectivity index (χ0n) is 18.2. The molecule has 1 aromatic carbocycles. The normalized spacial score (nSPS) is 18.0. The molecule has 2 unspecified atom stereocenters. The van der Waals surface area contributed by atoms with E-state index in [9.17, 15) is 14.7 Å². The molecule has 0 spiro atoms. The maximum atomic E-state index is 13.4. The summed E-state index contributed by atoms with van der Waals surface area (Å²) in [5.41, 5.74) is -0.772. The Bertz CT molecular complexity index is 1070. The minimum Gasteiger partial charge on any atom is -0.473 e. The van der Waals surface area contributed by atoms with Gasteiger partial charge in [-0.25, -0.2) is 9.79 Å². The van der Waals surface area contributed by atoms with E-state index in [4.69, 9.17) is 16.3 Å². The first-order valence-electron chi connectivity index (χ1n) is 10.3. The number of anilines is 1. The molecule has 0 bridgehead atoms. The molecule has 0 amide bonds. The van der Waals surface area contributed by atoms with E-state index in [0.29, 0.717) is 22.6 Å². The van der Waals surface area contributed by atoms with Gasteiger partial charge in [-0.15, -0.1) is 11.8 Å². The Morgan fingerprint density at radius 3 is 2.84 bits per heavy atom. The molecule has 1 aliphatic heterocycles. The smallest absolute Gasteiger partial charge is 0.332 e. The first-order chi connectivity index (χ1) is 15.3. The number of nitrogens with one attached hydrogen (secondary N) is 1. The number of ether oxygens (including phenoxy) is 1. The van der Waals surface area contributed by atoms with Crippen LogP contribution in [0, 0.1) is 0 Å². The second-order valence-corrected chi connectivity index (χ2v) is 9.59. The Labute approximate surface area is 195 Å². The minimum atomic E-state index is -0.507. The van der Waals surface area contributed by atoms with Crippen molar-refractivity contribution in [2.24, 2.45) is 12.0 Å². The summed E-state index contributed by atoms with van der Waals surface area (Å²) in [7, 11) is 1.55. The lowest BCUT2D eigenvalue weighted by molar-refractivity contribution is 0.277. The lowest BCUT2D eigenvalue weighted by Gasteiger charge is -2.29. The van der Waals surface area contributed by atoms with Crippen LogP contribution >= 0.6 is 23.4 Å². The van der Waals surface area contributed by atoms with E-state index in [-0.39, 0.29) is 43.2 Å². The molecule has 2 N–H and O–H groups in total. The molecule has 1 saturated heterocycles. The number of rotatable bonds is 10. The highest BCUT2D eigenvalue weighted by atomic mass is 35.5. The number of halogens is 1. The SMILES string of the molecule is C=Nc1c(N(COc2cccc(Cl)c2)CC2NCC(C)S2)c(=O)n(CCCO)c(=O)n1C. The number of aliphatic imine (C=N–C) groups is 1. The van der Waals surface area contributed by atoms with Crippen LogP contribution in [0.2, 0.25) is 5.02 Å². The lowest BCUT2D eigenvalue weighted by atomic mass is 10.3. The Morgan fingerprint density at radius 2 is 2.22 bits per heavy atom. The topological polar surface area (TPSA) is 101 Å². The molecule has 174 valence electrons. The highest BCUT2D eigenvalue weighted by Gasteiger charge is 2.28. The second-order valence-electron chi connectivity index (χ2n) is 7.50. The van der Waals surface area contributed by atoms with E-state index < -0.39 is 11.2 Å². The van der Waals surface area contributed by atoms with Gasteiger partial charge in [0.1, 0.15) is 11.4 Å². The third-order valence-corrected chi connectivity index (χ3v) is 6.61. The fourth-order valence-corrected chi connectivity index (χ4v) is 4.92. The molecule has 0 radical (unpaired) electrons. The second kappa shape index (κ2) is 11.0. The molecule has 3 rings (SSSR count). The van der Waals surface area contributed by atoms with Crippen LogP contribution in [-0.4, -0.2) is 58.0 Å². The Balaban J connectivity index is 2.03. The van der Waals surface area contributed by atoms with Crippen LogP contribution in [0.4, 0.5) is 11.5 Å². The fraction of sp³-hybridized carbons (Fsp3) is 0.476. The van der Waals surface area contributed by atoms with Crippen molar-refractivity contribution in [1.82, 2.24) is 14.5 Å². The molecule has 0 saturated carbocycles. The first kappa shape index (κ1) is 24.4. The van der Waals surface area contributed by atoms with Gasteiger partial charge in [-0.1, -0.05) is 24.6 Å². The van der Waals surface area contributed by atoms with E-state index in [1.54, 1.807) is 48.0 Å². The van der Waals surface area contributed by atoms with E-state index in [1.165, 1.54) is 4.57 Å². The highest BCUT2D eigenvalue weighted by molar-refractivity contribution is 8.00. The summed E-state index contributed by atoms with van der Waals surface area (Å²) in [6, 6.07) is 7.00. The summed E-state index contributed by atoms with van der Waals surface area (Å²) in [6.07, 6.45) is 0.284. The Morgan fingerprint density at radius 1 is 1.44 bits per heavy atom. The van der Waals surface area contributed by atoms with Crippen molar-refractivity contribution < 1.29 is 9.84 Å². The Hall–Kier alpha value is -2.27. The summed E-state index contributed by atoms with van der Waals surface area (Å²) in [5, 5.41) is 13.7. The Kier molecular flexibility index (Phi) is 8.41. The number of thioether (sulfide) groups is 1. The van der Waals surface area contributed by atoms with E-state index in [0.717, 1.165) is 11.1 Å². The van der Waals surface area contributed by atoms with E-state index >= 15 is 0 Å².